The molecule has 2 aromatic heterocycles. The average molecular weight is 505 g/mol. The molecule has 0 saturated carbocycles. The Balaban J connectivity index is 1.34. The van der Waals surface area contributed by atoms with Gasteiger partial charge in [0, 0.05) is 79.0 Å². The second-order valence-electron chi connectivity index (χ2n) is 10.4. The number of fused-ring (bicyclic) bond motifs is 1. The molecule has 0 atom stereocenters. The summed E-state index contributed by atoms with van der Waals surface area (Å²) < 4.78 is 0. The number of nitriles is 1. The van der Waals surface area contributed by atoms with Gasteiger partial charge in [0.25, 0.3) is 0 Å². The number of hydrogen-bond acceptors (Lipinski definition) is 5. The molecule has 1 saturated heterocycles. The zero-order valence-electron chi connectivity index (χ0n) is 22.8. The highest BCUT2D eigenvalue weighted by Crippen LogP contribution is 2.32. The summed E-state index contributed by atoms with van der Waals surface area (Å²) >= 11 is 0. The number of nitrogens with one attached hydrogen (secondary N) is 2. The summed E-state index contributed by atoms with van der Waals surface area (Å²) in [6.45, 7) is 14.1. The topological polar surface area (TPSA) is 71.0 Å². The standard InChI is InChI=1S/C32H36N6/c1-22(2)38-17-15-37(16-18-38)21-26-7-5-25(6-8-26)9-10-29-24(4)35-20-27(19-33)32(29)36-30-11-12-31-28(23(30)3)13-14-34-31/h5-14,20,22,34H,15-18,21H2,1-4H3,(H,35,36)/b10-9+. The third-order valence-electron chi connectivity index (χ3n) is 7.67. The number of hydrogen-bond donors (Lipinski definition) is 2. The van der Waals surface area contributed by atoms with Crippen molar-refractivity contribution in [1.29, 1.82) is 5.26 Å². The van der Waals surface area contributed by atoms with E-state index in [4.69, 9.17) is 0 Å². The van der Waals surface area contributed by atoms with Crippen LogP contribution in [0.1, 0.15) is 47.4 Å². The van der Waals surface area contributed by atoms with E-state index >= 15 is 0 Å². The highest BCUT2D eigenvalue weighted by atomic mass is 15.3. The Hall–Kier alpha value is -3.92. The summed E-state index contributed by atoms with van der Waals surface area (Å²) in [5.74, 6) is 0. The molecule has 194 valence electrons. The Morgan fingerprint density at radius 1 is 1.03 bits per heavy atom. The van der Waals surface area contributed by atoms with Crippen molar-refractivity contribution in [2.24, 2.45) is 0 Å². The van der Waals surface area contributed by atoms with Gasteiger partial charge in [0.15, 0.2) is 0 Å². The molecule has 6 nitrogen and oxygen atoms in total. The van der Waals surface area contributed by atoms with E-state index in [0.717, 1.165) is 72.0 Å². The van der Waals surface area contributed by atoms with E-state index in [9.17, 15) is 5.26 Å². The normalized spacial score (nSPS) is 14.9. The van der Waals surface area contributed by atoms with E-state index in [1.165, 1.54) is 10.9 Å². The molecule has 0 spiro atoms. The molecule has 2 N–H and O–H groups in total. The predicted octanol–water partition coefficient (Wildman–Crippen LogP) is 6.49. The fourth-order valence-corrected chi connectivity index (χ4v) is 5.21. The van der Waals surface area contributed by atoms with Gasteiger partial charge in [0.05, 0.1) is 11.3 Å². The van der Waals surface area contributed by atoms with E-state index in [1.54, 1.807) is 6.20 Å². The van der Waals surface area contributed by atoms with Crippen LogP contribution in [0.4, 0.5) is 11.4 Å². The van der Waals surface area contributed by atoms with Crippen molar-refractivity contribution in [2.45, 2.75) is 40.3 Å². The molecular weight excluding hydrogens is 468 g/mol. The van der Waals surface area contributed by atoms with E-state index in [2.05, 4.69) is 107 Å². The van der Waals surface area contributed by atoms with Crippen LogP contribution >= 0.6 is 0 Å². The van der Waals surface area contributed by atoms with Crippen LogP contribution < -0.4 is 5.32 Å². The third kappa shape index (κ3) is 5.50. The lowest BCUT2D eigenvalue weighted by Crippen LogP contribution is -2.48. The van der Waals surface area contributed by atoms with Crippen LogP contribution in [0.2, 0.25) is 0 Å². The second kappa shape index (κ2) is 11.2. The van der Waals surface area contributed by atoms with Crippen LogP contribution in [0.3, 0.4) is 0 Å². The fourth-order valence-electron chi connectivity index (χ4n) is 5.21. The highest BCUT2D eigenvalue weighted by Gasteiger charge is 2.18. The SMILES string of the molecule is Cc1ncc(C#N)c(Nc2ccc3[nH]ccc3c2C)c1/C=C/c1ccc(CN2CCN(C(C)C)CC2)cc1. The molecule has 38 heavy (non-hydrogen) atoms. The zero-order valence-corrected chi connectivity index (χ0v) is 22.8. The molecule has 5 rings (SSSR count). The lowest BCUT2D eigenvalue weighted by Gasteiger charge is -2.36. The molecule has 0 bridgehead atoms. The molecule has 1 fully saturated rings. The van der Waals surface area contributed by atoms with E-state index in [-0.39, 0.29) is 0 Å². The van der Waals surface area contributed by atoms with Crippen molar-refractivity contribution in [1.82, 2.24) is 19.8 Å². The average Bonchev–Trinajstić information content (AvgIpc) is 3.41. The van der Waals surface area contributed by atoms with Crippen LogP contribution in [0, 0.1) is 25.2 Å². The highest BCUT2D eigenvalue weighted by molar-refractivity contribution is 5.90. The van der Waals surface area contributed by atoms with Crippen molar-refractivity contribution in [3.8, 4) is 6.07 Å². The maximum absolute atomic E-state index is 9.85. The molecular formula is C32H36N6. The summed E-state index contributed by atoms with van der Waals surface area (Å²) in [5, 5.41) is 14.6. The molecule has 4 aromatic rings. The Kier molecular flexibility index (Phi) is 7.59. The van der Waals surface area contributed by atoms with Gasteiger partial charge in [-0.25, -0.2) is 0 Å². The minimum Gasteiger partial charge on any atom is -0.361 e. The Bertz CT molecular complexity index is 1480. The quantitative estimate of drug-likeness (QED) is 0.301. The van der Waals surface area contributed by atoms with Gasteiger partial charge < -0.3 is 10.3 Å². The van der Waals surface area contributed by atoms with Gasteiger partial charge in [-0.15, -0.1) is 0 Å². The van der Waals surface area contributed by atoms with Gasteiger partial charge in [-0.3, -0.25) is 14.8 Å². The van der Waals surface area contributed by atoms with E-state index < -0.39 is 0 Å². The van der Waals surface area contributed by atoms with Crippen molar-refractivity contribution >= 4 is 34.4 Å². The van der Waals surface area contributed by atoms with Crippen LogP contribution in [0.25, 0.3) is 23.1 Å². The summed E-state index contributed by atoms with van der Waals surface area (Å²) in [4.78, 5) is 12.8. The number of nitrogens with zero attached hydrogens (tertiary/aromatic N) is 4. The number of piperazine rings is 1. The van der Waals surface area contributed by atoms with Crippen LogP contribution in [-0.4, -0.2) is 52.0 Å². The molecule has 0 amide bonds. The first kappa shape index (κ1) is 25.7. The van der Waals surface area contributed by atoms with Crippen LogP contribution in [0.5, 0.6) is 0 Å². The first-order valence-electron chi connectivity index (χ1n) is 13.4. The van der Waals surface area contributed by atoms with Gasteiger partial charge in [-0.05, 0) is 62.6 Å². The lowest BCUT2D eigenvalue weighted by molar-refractivity contribution is 0.104. The maximum Gasteiger partial charge on any atom is 0.103 e. The predicted molar refractivity (Wildman–Crippen MR) is 157 cm³/mol. The largest absolute Gasteiger partial charge is 0.361 e. The van der Waals surface area contributed by atoms with Gasteiger partial charge in [0.2, 0.25) is 0 Å². The number of H-pyrrole nitrogens is 1. The molecule has 1 aliphatic heterocycles. The minimum atomic E-state index is 0.525. The maximum atomic E-state index is 9.85. The molecule has 1 aliphatic rings. The first-order chi connectivity index (χ1) is 18.4. The van der Waals surface area contributed by atoms with Crippen molar-refractivity contribution in [3.05, 3.63) is 88.4 Å². The van der Waals surface area contributed by atoms with Gasteiger partial charge in [-0.2, -0.15) is 5.26 Å². The lowest BCUT2D eigenvalue weighted by atomic mass is 10.0. The summed E-state index contributed by atoms with van der Waals surface area (Å²) in [6.07, 6.45) is 7.76. The van der Waals surface area contributed by atoms with Gasteiger partial charge in [0.1, 0.15) is 6.07 Å². The first-order valence-corrected chi connectivity index (χ1v) is 13.4. The molecule has 3 heterocycles. The van der Waals surface area contributed by atoms with E-state index in [0.29, 0.717) is 11.6 Å². The summed E-state index contributed by atoms with van der Waals surface area (Å²) in [7, 11) is 0. The van der Waals surface area contributed by atoms with Crippen molar-refractivity contribution in [2.75, 3.05) is 31.5 Å². The van der Waals surface area contributed by atoms with Crippen LogP contribution in [-0.2, 0) is 6.54 Å². The van der Waals surface area contributed by atoms with E-state index in [1.807, 2.05) is 13.1 Å². The number of rotatable bonds is 7. The Morgan fingerprint density at radius 3 is 2.50 bits per heavy atom. The molecule has 0 unspecified atom stereocenters. The fraction of sp³-hybridized carbons (Fsp3) is 0.312. The molecule has 2 aromatic carbocycles. The number of pyridine rings is 1. The van der Waals surface area contributed by atoms with Gasteiger partial charge in [-0.1, -0.05) is 36.4 Å². The second-order valence-corrected chi connectivity index (χ2v) is 10.4. The Labute approximate surface area is 225 Å². The van der Waals surface area contributed by atoms with Crippen molar-refractivity contribution in [3.63, 3.8) is 0 Å². The molecule has 6 heteroatoms. The molecule has 0 aliphatic carbocycles. The third-order valence-corrected chi connectivity index (χ3v) is 7.67. The monoisotopic (exact) mass is 504 g/mol. The molecule has 0 radical (unpaired) electrons. The Morgan fingerprint density at radius 2 is 1.79 bits per heavy atom. The number of aryl methyl sites for hydroxylation is 2. The zero-order chi connectivity index (χ0) is 26.6. The smallest absolute Gasteiger partial charge is 0.103 e. The number of benzene rings is 2. The van der Waals surface area contributed by atoms with Crippen molar-refractivity contribution < 1.29 is 0 Å². The summed E-state index contributed by atoms with van der Waals surface area (Å²) in [5.41, 5.74) is 8.78. The number of aromatic nitrogens is 2. The minimum absolute atomic E-state index is 0.525. The van der Waals surface area contributed by atoms with Gasteiger partial charge >= 0.3 is 0 Å². The summed E-state index contributed by atoms with van der Waals surface area (Å²) in [6, 6.07) is 17.9. The van der Waals surface area contributed by atoms with Crippen LogP contribution in [0.15, 0.2) is 54.9 Å². The number of aromatic amines is 1. The number of anilines is 2.